The summed E-state index contributed by atoms with van der Waals surface area (Å²) in [5, 5.41) is 14.9. The van der Waals surface area contributed by atoms with Gasteiger partial charge in [0.1, 0.15) is 0 Å². The fourth-order valence-electron chi connectivity index (χ4n) is 2.64. The second kappa shape index (κ2) is 5.20. The molecule has 3 rings (SSSR count). The fraction of sp³-hybridized carbons (Fsp3) is 0.538. The molecular formula is C13H16Cl2N2O2. The van der Waals surface area contributed by atoms with Crippen molar-refractivity contribution in [3.63, 3.8) is 0 Å². The van der Waals surface area contributed by atoms with E-state index >= 15 is 0 Å². The summed E-state index contributed by atoms with van der Waals surface area (Å²) in [5.41, 5.74) is 0.652. The molecule has 4 nitrogen and oxygen atoms in total. The molecule has 1 aromatic carbocycles. The Morgan fingerprint density at radius 1 is 1.37 bits per heavy atom. The number of rotatable bonds is 1. The Kier molecular flexibility index (Phi) is 3.73. The molecule has 0 saturated carbocycles. The van der Waals surface area contributed by atoms with E-state index in [1.807, 2.05) is 0 Å². The van der Waals surface area contributed by atoms with Gasteiger partial charge in [-0.2, -0.15) is 0 Å². The molecule has 0 spiro atoms. The molecule has 2 aliphatic heterocycles. The molecule has 0 radical (unpaired) electrons. The standard InChI is InChI=1S/C13H16Cl2N2O2/c14-11-2-1-9(5-12(11)15)13(18)8-17-4-3-16-6-10(17)7-19-13/h1-2,5,10,16,18H,3-4,6-8H2/t10-,13-/m0/s1. The maximum Gasteiger partial charge on any atom is 0.205 e. The number of hydrogen-bond donors (Lipinski definition) is 2. The highest BCUT2D eigenvalue weighted by Gasteiger charge is 2.41. The third-order valence-corrected chi connectivity index (χ3v) is 4.51. The number of halogens is 2. The van der Waals surface area contributed by atoms with Crippen LogP contribution < -0.4 is 5.32 Å². The van der Waals surface area contributed by atoms with Gasteiger partial charge in [0.05, 0.1) is 23.2 Å². The van der Waals surface area contributed by atoms with Crippen molar-refractivity contribution in [2.75, 3.05) is 32.8 Å². The summed E-state index contributed by atoms with van der Waals surface area (Å²) in [4.78, 5) is 2.25. The van der Waals surface area contributed by atoms with Gasteiger partial charge >= 0.3 is 0 Å². The zero-order valence-electron chi connectivity index (χ0n) is 10.4. The van der Waals surface area contributed by atoms with E-state index in [1.165, 1.54) is 0 Å². The number of morpholine rings is 1. The van der Waals surface area contributed by atoms with E-state index < -0.39 is 5.79 Å². The molecule has 0 unspecified atom stereocenters. The fourth-order valence-corrected chi connectivity index (χ4v) is 2.94. The molecule has 2 saturated heterocycles. The van der Waals surface area contributed by atoms with E-state index in [1.54, 1.807) is 18.2 Å². The van der Waals surface area contributed by atoms with Crippen LogP contribution in [0, 0.1) is 0 Å². The molecule has 0 aliphatic carbocycles. The highest BCUT2D eigenvalue weighted by atomic mass is 35.5. The van der Waals surface area contributed by atoms with E-state index in [0.717, 1.165) is 19.6 Å². The van der Waals surface area contributed by atoms with Crippen molar-refractivity contribution in [3.8, 4) is 0 Å². The van der Waals surface area contributed by atoms with Gasteiger partial charge in [-0.3, -0.25) is 4.90 Å². The highest BCUT2D eigenvalue weighted by molar-refractivity contribution is 6.42. The van der Waals surface area contributed by atoms with E-state index in [9.17, 15) is 5.11 Å². The van der Waals surface area contributed by atoms with Gasteiger partial charge in [-0.25, -0.2) is 0 Å². The molecular weight excluding hydrogens is 287 g/mol. The summed E-state index contributed by atoms with van der Waals surface area (Å²) in [7, 11) is 0. The van der Waals surface area contributed by atoms with Crippen LogP contribution in [0.5, 0.6) is 0 Å². The van der Waals surface area contributed by atoms with Gasteiger partial charge in [0.2, 0.25) is 5.79 Å². The molecule has 2 fully saturated rings. The molecule has 0 amide bonds. The summed E-state index contributed by atoms with van der Waals surface area (Å²) in [5.74, 6) is -1.30. The molecule has 0 bridgehead atoms. The quantitative estimate of drug-likeness (QED) is 0.824. The Morgan fingerprint density at radius 3 is 3.00 bits per heavy atom. The number of nitrogens with one attached hydrogen (secondary N) is 1. The predicted octanol–water partition coefficient (Wildman–Crippen LogP) is 1.44. The van der Waals surface area contributed by atoms with E-state index in [2.05, 4.69) is 10.2 Å². The van der Waals surface area contributed by atoms with Crippen LogP contribution in [0.15, 0.2) is 18.2 Å². The molecule has 2 N–H and O–H groups in total. The van der Waals surface area contributed by atoms with Crippen molar-refractivity contribution in [2.24, 2.45) is 0 Å². The van der Waals surface area contributed by atoms with Gasteiger partial charge < -0.3 is 15.2 Å². The zero-order valence-corrected chi connectivity index (χ0v) is 11.9. The molecule has 19 heavy (non-hydrogen) atoms. The van der Waals surface area contributed by atoms with Crippen molar-refractivity contribution < 1.29 is 9.84 Å². The van der Waals surface area contributed by atoms with Crippen LogP contribution in [0.1, 0.15) is 5.56 Å². The summed E-state index contributed by atoms with van der Waals surface area (Å²) in [6.07, 6.45) is 0. The number of hydrogen-bond acceptors (Lipinski definition) is 4. The Hall–Kier alpha value is -0.360. The zero-order chi connectivity index (χ0) is 13.5. The first-order chi connectivity index (χ1) is 9.08. The molecule has 2 heterocycles. The first kappa shape index (κ1) is 13.6. The number of aliphatic hydroxyl groups is 1. The van der Waals surface area contributed by atoms with Crippen LogP contribution in [0.2, 0.25) is 10.0 Å². The highest BCUT2D eigenvalue weighted by Crippen LogP contribution is 2.33. The van der Waals surface area contributed by atoms with Gasteiger partial charge in [-0.1, -0.05) is 29.3 Å². The molecule has 2 atom stereocenters. The van der Waals surface area contributed by atoms with Crippen molar-refractivity contribution in [3.05, 3.63) is 33.8 Å². The summed E-state index contributed by atoms with van der Waals surface area (Å²) < 4.78 is 5.69. The number of benzene rings is 1. The maximum absolute atomic E-state index is 10.7. The van der Waals surface area contributed by atoms with Crippen molar-refractivity contribution in [1.82, 2.24) is 10.2 Å². The average molecular weight is 303 g/mol. The summed E-state index contributed by atoms with van der Waals surface area (Å²) in [6, 6.07) is 5.45. The lowest BCUT2D eigenvalue weighted by atomic mass is 10.0. The van der Waals surface area contributed by atoms with Crippen molar-refractivity contribution >= 4 is 23.2 Å². The van der Waals surface area contributed by atoms with Crippen LogP contribution in [0.25, 0.3) is 0 Å². The Morgan fingerprint density at radius 2 is 2.21 bits per heavy atom. The minimum atomic E-state index is -1.30. The predicted molar refractivity (Wildman–Crippen MR) is 74.5 cm³/mol. The average Bonchev–Trinajstić information content (AvgIpc) is 2.41. The Labute approximate surface area is 122 Å². The number of fused-ring (bicyclic) bond motifs is 1. The molecule has 6 heteroatoms. The number of piperazine rings is 1. The Balaban J connectivity index is 1.84. The van der Waals surface area contributed by atoms with Gasteiger partial charge in [0.25, 0.3) is 0 Å². The molecule has 2 aliphatic rings. The topological polar surface area (TPSA) is 44.7 Å². The van der Waals surface area contributed by atoms with Crippen LogP contribution in [0.3, 0.4) is 0 Å². The van der Waals surface area contributed by atoms with Crippen LogP contribution >= 0.6 is 23.2 Å². The largest absolute Gasteiger partial charge is 0.361 e. The van der Waals surface area contributed by atoms with E-state index in [0.29, 0.717) is 34.8 Å². The third-order valence-electron chi connectivity index (χ3n) is 3.77. The lowest BCUT2D eigenvalue weighted by Gasteiger charge is -2.46. The smallest absolute Gasteiger partial charge is 0.205 e. The number of ether oxygens (including phenoxy) is 1. The normalized spacial score (nSPS) is 32.1. The second-order valence-corrected chi connectivity index (χ2v) is 5.87. The van der Waals surface area contributed by atoms with Crippen LogP contribution in [-0.4, -0.2) is 48.8 Å². The minimum absolute atomic E-state index is 0.330. The van der Waals surface area contributed by atoms with Gasteiger partial charge in [-0.05, 0) is 12.1 Å². The van der Waals surface area contributed by atoms with Crippen molar-refractivity contribution in [2.45, 2.75) is 11.8 Å². The minimum Gasteiger partial charge on any atom is -0.361 e. The Bertz CT molecular complexity index is 486. The van der Waals surface area contributed by atoms with E-state index in [-0.39, 0.29) is 0 Å². The van der Waals surface area contributed by atoms with Crippen molar-refractivity contribution in [1.29, 1.82) is 0 Å². The summed E-state index contributed by atoms with van der Waals surface area (Å²) in [6.45, 7) is 3.71. The van der Waals surface area contributed by atoms with Crippen LogP contribution in [0.4, 0.5) is 0 Å². The SMILES string of the molecule is O[C@@]1(c2ccc(Cl)c(Cl)c2)CN2CCNC[C@H]2CO1. The lowest BCUT2D eigenvalue weighted by Crippen LogP contribution is -2.62. The first-order valence-corrected chi connectivity index (χ1v) is 7.11. The van der Waals surface area contributed by atoms with Gasteiger partial charge in [-0.15, -0.1) is 0 Å². The lowest BCUT2D eigenvalue weighted by molar-refractivity contribution is -0.262. The van der Waals surface area contributed by atoms with Gasteiger partial charge in [0.15, 0.2) is 0 Å². The van der Waals surface area contributed by atoms with Crippen LogP contribution in [-0.2, 0) is 10.5 Å². The number of nitrogens with zero attached hydrogens (tertiary/aromatic N) is 1. The molecule has 0 aromatic heterocycles. The molecule has 104 valence electrons. The van der Waals surface area contributed by atoms with E-state index in [4.69, 9.17) is 27.9 Å². The third kappa shape index (κ3) is 2.61. The first-order valence-electron chi connectivity index (χ1n) is 6.35. The molecule has 1 aromatic rings. The monoisotopic (exact) mass is 302 g/mol. The van der Waals surface area contributed by atoms with Gasteiger partial charge in [0, 0.05) is 31.2 Å². The second-order valence-electron chi connectivity index (χ2n) is 5.05. The summed E-state index contributed by atoms with van der Waals surface area (Å²) >= 11 is 11.9. The maximum atomic E-state index is 10.7.